The highest BCUT2D eigenvalue weighted by atomic mass is 127. The van der Waals surface area contributed by atoms with Crippen LogP contribution in [0, 0.1) is 21.8 Å². The molecule has 0 unspecified atom stereocenters. The van der Waals surface area contributed by atoms with Gasteiger partial charge in [0, 0.05) is 5.69 Å². The maximum Gasteiger partial charge on any atom is 0.266 e. The van der Waals surface area contributed by atoms with E-state index in [2.05, 4.69) is 27.9 Å². The highest BCUT2D eigenvalue weighted by Crippen LogP contribution is 2.35. The molecule has 0 aliphatic heterocycles. The van der Waals surface area contributed by atoms with Crippen LogP contribution in [0.3, 0.4) is 0 Å². The van der Waals surface area contributed by atoms with Crippen molar-refractivity contribution in [3.8, 4) is 17.6 Å². The second-order valence-corrected chi connectivity index (χ2v) is 7.26. The molecule has 0 aliphatic carbocycles. The lowest BCUT2D eigenvalue weighted by Gasteiger charge is -2.14. The number of benzene rings is 2. The third-order valence-corrected chi connectivity index (χ3v) is 4.57. The fourth-order valence-corrected chi connectivity index (χ4v) is 3.21. The highest BCUT2D eigenvalue weighted by molar-refractivity contribution is 14.1. The fourth-order valence-electron chi connectivity index (χ4n) is 2.43. The average Bonchev–Trinajstić information content (AvgIpc) is 2.67. The molecule has 1 N–H and O–H groups in total. The van der Waals surface area contributed by atoms with Gasteiger partial charge in [0.25, 0.3) is 5.91 Å². The zero-order valence-electron chi connectivity index (χ0n) is 16.2. The summed E-state index contributed by atoms with van der Waals surface area (Å²) in [6, 6.07) is 13.0. The van der Waals surface area contributed by atoms with Gasteiger partial charge in [0.15, 0.2) is 11.5 Å². The van der Waals surface area contributed by atoms with Crippen LogP contribution in [0.15, 0.2) is 42.0 Å². The van der Waals surface area contributed by atoms with Gasteiger partial charge in [-0.25, -0.2) is 0 Å². The maximum absolute atomic E-state index is 12.5. The van der Waals surface area contributed by atoms with E-state index < -0.39 is 5.91 Å². The van der Waals surface area contributed by atoms with Crippen LogP contribution in [0.2, 0.25) is 0 Å². The summed E-state index contributed by atoms with van der Waals surface area (Å²) in [5, 5.41) is 12.2. The molecule has 5 nitrogen and oxygen atoms in total. The third-order valence-electron chi connectivity index (χ3n) is 3.77. The van der Waals surface area contributed by atoms with Crippen molar-refractivity contribution in [2.75, 3.05) is 18.5 Å². The Morgan fingerprint density at radius 2 is 1.93 bits per heavy atom. The number of ether oxygens (including phenoxy) is 2. The van der Waals surface area contributed by atoms with E-state index in [0.717, 1.165) is 15.6 Å². The van der Waals surface area contributed by atoms with Gasteiger partial charge in [0.2, 0.25) is 0 Å². The van der Waals surface area contributed by atoms with Gasteiger partial charge >= 0.3 is 0 Å². The van der Waals surface area contributed by atoms with Crippen molar-refractivity contribution in [3.05, 3.63) is 56.7 Å². The van der Waals surface area contributed by atoms with Crippen LogP contribution in [0.1, 0.15) is 31.4 Å². The minimum absolute atomic E-state index is 0.0149. The summed E-state index contributed by atoms with van der Waals surface area (Å²) < 4.78 is 12.4. The van der Waals surface area contributed by atoms with Crippen molar-refractivity contribution in [2.24, 2.45) is 0 Å². The molecule has 0 radical (unpaired) electrons. The first-order valence-corrected chi connectivity index (χ1v) is 10.1. The number of rotatable bonds is 8. The van der Waals surface area contributed by atoms with Crippen molar-refractivity contribution in [2.45, 2.75) is 27.2 Å². The van der Waals surface area contributed by atoms with Crippen molar-refractivity contribution >= 4 is 40.3 Å². The number of nitrogens with zero attached hydrogens (tertiary/aromatic N) is 1. The normalized spacial score (nSPS) is 10.9. The highest BCUT2D eigenvalue weighted by Gasteiger charge is 2.14. The van der Waals surface area contributed by atoms with E-state index in [9.17, 15) is 10.1 Å². The fraction of sp³-hybridized carbons (Fsp3) is 0.273. The van der Waals surface area contributed by atoms with E-state index in [4.69, 9.17) is 9.47 Å². The van der Waals surface area contributed by atoms with E-state index >= 15 is 0 Å². The standard InChI is InChI=1S/C22H23IN2O3/c1-4-10-28-21-19(23)12-16(13-20(21)27-5-2)11-17(14-24)22(26)25-18-8-6-15(3)7-9-18/h6-9,11-13H,4-5,10H2,1-3H3,(H,25,26)/b17-11-. The van der Waals surface area contributed by atoms with E-state index in [1.165, 1.54) is 0 Å². The number of hydrogen-bond acceptors (Lipinski definition) is 4. The number of carbonyl (C=O) groups excluding carboxylic acids is 1. The Labute approximate surface area is 179 Å². The zero-order chi connectivity index (χ0) is 20.5. The molecule has 0 aromatic heterocycles. The number of halogens is 1. The van der Waals surface area contributed by atoms with Gasteiger partial charge in [0.05, 0.1) is 16.8 Å². The molecule has 1 amide bonds. The second kappa shape index (κ2) is 10.7. The molecule has 2 aromatic rings. The van der Waals surface area contributed by atoms with Gasteiger partial charge in [-0.1, -0.05) is 24.6 Å². The van der Waals surface area contributed by atoms with Crippen LogP contribution >= 0.6 is 22.6 Å². The van der Waals surface area contributed by atoms with Crippen LogP contribution in [0.25, 0.3) is 6.08 Å². The van der Waals surface area contributed by atoms with Crippen molar-refractivity contribution in [1.29, 1.82) is 5.26 Å². The van der Waals surface area contributed by atoms with Gasteiger partial charge in [0.1, 0.15) is 11.6 Å². The SMILES string of the molecule is CCCOc1c(I)cc(/C=C(/C#N)C(=O)Nc2ccc(C)cc2)cc1OCC. The van der Waals surface area contributed by atoms with Crippen LogP contribution in [0.5, 0.6) is 11.5 Å². The number of anilines is 1. The number of aryl methyl sites for hydroxylation is 1. The lowest BCUT2D eigenvalue weighted by Crippen LogP contribution is -2.13. The first-order valence-electron chi connectivity index (χ1n) is 9.07. The minimum atomic E-state index is -0.453. The third kappa shape index (κ3) is 5.99. The molecular weight excluding hydrogens is 467 g/mol. The number of amides is 1. The molecule has 0 fully saturated rings. The summed E-state index contributed by atoms with van der Waals surface area (Å²) in [6.45, 7) is 6.99. The van der Waals surface area contributed by atoms with Gasteiger partial charge in [-0.05, 0) is 78.8 Å². The Kier molecular flexibility index (Phi) is 8.33. The molecule has 146 valence electrons. The number of nitriles is 1. The predicted molar refractivity (Wildman–Crippen MR) is 120 cm³/mol. The number of carbonyl (C=O) groups is 1. The molecule has 0 aliphatic rings. The molecule has 0 atom stereocenters. The van der Waals surface area contributed by atoms with Gasteiger partial charge < -0.3 is 14.8 Å². The first-order chi connectivity index (χ1) is 13.5. The average molecular weight is 490 g/mol. The quantitative estimate of drug-likeness (QED) is 0.309. The molecule has 2 rings (SSSR count). The van der Waals surface area contributed by atoms with Crippen molar-refractivity contribution < 1.29 is 14.3 Å². The summed E-state index contributed by atoms with van der Waals surface area (Å²) in [6.07, 6.45) is 2.44. The number of hydrogen-bond donors (Lipinski definition) is 1. The van der Waals surface area contributed by atoms with Crippen LogP contribution in [-0.2, 0) is 4.79 Å². The molecular formula is C22H23IN2O3. The minimum Gasteiger partial charge on any atom is -0.490 e. The molecule has 2 aromatic carbocycles. The molecule has 28 heavy (non-hydrogen) atoms. The zero-order valence-corrected chi connectivity index (χ0v) is 18.4. The topological polar surface area (TPSA) is 71.3 Å². The summed E-state index contributed by atoms with van der Waals surface area (Å²) in [4.78, 5) is 12.5. The molecule has 0 heterocycles. The van der Waals surface area contributed by atoms with Gasteiger partial charge in [-0.3, -0.25) is 4.79 Å². The monoisotopic (exact) mass is 490 g/mol. The van der Waals surface area contributed by atoms with E-state index in [1.807, 2.05) is 45.0 Å². The number of nitrogens with one attached hydrogen (secondary N) is 1. The van der Waals surface area contributed by atoms with E-state index in [-0.39, 0.29) is 5.57 Å². The Balaban J connectivity index is 2.30. The van der Waals surface area contributed by atoms with Crippen LogP contribution < -0.4 is 14.8 Å². The molecule has 6 heteroatoms. The first kappa shape index (κ1) is 21.8. The second-order valence-electron chi connectivity index (χ2n) is 6.10. The lowest BCUT2D eigenvalue weighted by molar-refractivity contribution is -0.112. The van der Waals surface area contributed by atoms with Gasteiger partial charge in [-0.2, -0.15) is 5.26 Å². The molecule has 0 bridgehead atoms. The summed E-state index contributed by atoms with van der Waals surface area (Å²) in [7, 11) is 0. The van der Waals surface area contributed by atoms with Crippen LogP contribution in [0.4, 0.5) is 5.69 Å². The summed E-state index contributed by atoms with van der Waals surface area (Å²) in [5.41, 5.74) is 2.45. The largest absolute Gasteiger partial charge is 0.490 e. The lowest BCUT2D eigenvalue weighted by atomic mass is 10.1. The van der Waals surface area contributed by atoms with E-state index in [1.54, 1.807) is 24.3 Å². The van der Waals surface area contributed by atoms with Gasteiger partial charge in [-0.15, -0.1) is 0 Å². The van der Waals surface area contributed by atoms with Crippen molar-refractivity contribution in [3.63, 3.8) is 0 Å². The summed E-state index contributed by atoms with van der Waals surface area (Å²) in [5.74, 6) is 0.833. The Morgan fingerprint density at radius 1 is 1.21 bits per heavy atom. The Hall–Kier alpha value is -2.53. The predicted octanol–water partition coefficient (Wildman–Crippen LogP) is 5.33. The van der Waals surface area contributed by atoms with E-state index in [0.29, 0.717) is 36.0 Å². The Morgan fingerprint density at radius 3 is 2.54 bits per heavy atom. The molecule has 0 saturated heterocycles. The maximum atomic E-state index is 12.5. The summed E-state index contributed by atoms with van der Waals surface area (Å²) >= 11 is 2.17. The van der Waals surface area contributed by atoms with Crippen molar-refractivity contribution in [1.82, 2.24) is 0 Å². The molecule has 0 spiro atoms. The Bertz CT molecular complexity index is 899. The van der Waals surface area contributed by atoms with Crippen LogP contribution in [-0.4, -0.2) is 19.1 Å². The smallest absolute Gasteiger partial charge is 0.266 e. The molecule has 0 saturated carbocycles.